The highest BCUT2D eigenvalue weighted by molar-refractivity contribution is 6.05. The van der Waals surface area contributed by atoms with Crippen LogP contribution < -0.4 is 10.6 Å². The van der Waals surface area contributed by atoms with Crippen LogP contribution in [0.25, 0.3) is 0 Å². The van der Waals surface area contributed by atoms with Gasteiger partial charge in [0.25, 0.3) is 5.91 Å². The lowest BCUT2D eigenvalue weighted by Gasteiger charge is -2.19. The van der Waals surface area contributed by atoms with Gasteiger partial charge in [-0.1, -0.05) is 12.1 Å². The molecule has 1 aliphatic heterocycles. The van der Waals surface area contributed by atoms with Crippen molar-refractivity contribution in [3.63, 3.8) is 0 Å². The van der Waals surface area contributed by atoms with E-state index >= 15 is 0 Å². The summed E-state index contributed by atoms with van der Waals surface area (Å²) in [5.74, 6) is 0.346. The van der Waals surface area contributed by atoms with E-state index in [1.165, 1.54) is 5.56 Å². The second kappa shape index (κ2) is 5.16. The van der Waals surface area contributed by atoms with Gasteiger partial charge in [-0.3, -0.25) is 4.79 Å². The lowest BCUT2D eigenvalue weighted by Crippen LogP contribution is -2.26. The summed E-state index contributed by atoms with van der Waals surface area (Å²) in [7, 11) is 0. The SMILES string of the molecule is O=C(Nc1cccnn1)c1cccc2c1CCNC2. The van der Waals surface area contributed by atoms with Crippen LogP contribution in [0.5, 0.6) is 0 Å². The molecule has 0 saturated heterocycles. The fraction of sp³-hybridized carbons (Fsp3) is 0.214. The zero-order valence-electron chi connectivity index (χ0n) is 10.4. The van der Waals surface area contributed by atoms with Gasteiger partial charge in [-0.15, -0.1) is 5.10 Å². The highest BCUT2D eigenvalue weighted by Gasteiger charge is 2.17. The number of aromatic nitrogens is 2. The molecule has 5 nitrogen and oxygen atoms in total. The van der Waals surface area contributed by atoms with Crippen LogP contribution in [0.15, 0.2) is 36.5 Å². The maximum Gasteiger partial charge on any atom is 0.257 e. The third-order valence-electron chi connectivity index (χ3n) is 3.20. The number of carbonyl (C=O) groups excluding carboxylic acids is 1. The van der Waals surface area contributed by atoms with Crippen molar-refractivity contribution >= 4 is 11.7 Å². The van der Waals surface area contributed by atoms with Gasteiger partial charge in [0.15, 0.2) is 5.82 Å². The van der Waals surface area contributed by atoms with Gasteiger partial charge in [0.2, 0.25) is 0 Å². The van der Waals surface area contributed by atoms with E-state index in [0.29, 0.717) is 5.82 Å². The Kier molecular flexibility index (Phi) is 3.20. The predicted octanol–water partition coefficient (Wildman–Crippen LogP) is 1.37. The first-order valence-electron chi connectivity index (χ1n) is 6.25. The Morgan fingerprint density at radius 1 is 1.26 bits per heavy atom. The number of nitrogens with zero attached hydrogens (tertiary/aromatic N) is 2. The Hall–Kier alpha value is -2.27. The van der Waals surface area contributed by atoms with Crippen molar-refractivity contribution in [3.05, 3.63) is 53.2 Å². The topological polar surface area (TPSA) is 66.9 Å². The van der Waals surface area contributed by atoms with Crippen LogP contribution >= 0.6 is 0 Å². The molecule has 0 fully saturated rings. The summed E-state index contributed by atoms with van der Waals surface area (Å²) in [6.07, 6.45) is 2.45. The minimum Gasteiger partial charge on any atom is -0.312 e. The molecular weight excluding hydrogens is 240 g/mol. The minimum absolute atomic E-state index is 0.126. The highest BCUT2D eigenvalue weighted by Crippen LogP contribution is 2.19. The molecule has 0 bridgehead atoms. The molecule has 19 heavy (non-hydrogen) atoms. The van der Waals surface area contributed by atoms with E-state index in [4.69, 9.17) is 0 Å². The third-order valence-corrected chi connectivity index (χ3v) is 3.20. The summed E-state index contributed by atoms with van der Waals surface area (Å²) >= 11 is 0. The number of hydrogen-bond acceptors (Lipinski definition) is 4. The zero-order chi connectivity index (χ0) is 13.1. The molecule has 0 saturated carbocycles. The zero-order valence-corrected chi connectivity index (χ0v) is 10.4. The van der Waals surface area contributed by atoms with Crippen LogP contribution in [-0.2, 0) is 13.0 Å². The minimum atomic E-state index is -0.126. The average Bonchev–Trinajstić information content (AvgIpc) is 2.47. The summed E-state index contributed by atoms with van der Waals surface area (Å²) in [4.78, 5) is 12.3. The van der Waals surface area contributed by atoms with Gasteiger partial charge in [0.1, 0.15) is 0 Å². The Morgan fingerprint density at radius 3 is 3.05 bits per heavy atom. The van der Waals surface area contributed by atoms with Crippen LogP contribution in [0.4, 0.5) is 5.82 Å². The standard InChI is InChI=1S/C14H14N4O/c19-14(17-13-5-2-7-16-18-13)12-4-1-3-10-9-15-8-6-11(10)12/h1-5,7,15H,6,8-9H2,(H,17,18,19). The molecule has 1 aromatic carbocycles. The van der Waals surface area contributed by atoms with Gasteiger partial charge in [-0.05, 0) is 42.3 Å². The number of anilines is 1. The van der Waals surface area contributed by atoms with Gasteiger partial charge >= 0.3 is 0 Å². The number of rotatable bonds is 2. The van der Waals surface area contributed by atoms with Gasteiger partial charge in [0.05, 0.1) is 0 Å². The van der Waals surface area contributed by atoms with Crippen molar-refractivity contribution in [3.8, 4) is 0 Å². The molecule has 0 unspecified atom stereocenters. The molecule has 1 amide bonds. The average molecular weight is 254 g/mol. The summed E-state index contributed by atoms with van der Waals surface area (Å²) in [5, 5.41) is 13.7. The molecule has 0 aliphatic carbocycles. The van der Waals surface area contributed by atoms with Crippen LogP contribution in [-0.4, -0.2) is 22.6 Å². The van der Waals surface area contributed by atoms with E-state index in [0.717, 1.165) is 30.6 Å². The maximum absolute atomic E-state index is 12.3. The fourth-order valence-corrected chi connectivity index (χ4v) is 2.30. The van der Waals surface area contributed by atoms with Crippen molar-refractivity contribution in [2.24, 2.45) is 0 Å². The Bertz CT molecular complexity index is 598. The first-order chi connectivity index (χ1) is 9.34. The number of hydrogen-bond donors (Lipinski definition) is 2. The van der Waals surface area contributed by atoms with Gasteiger partial charge in [-0.2, -0.15) is 5.10 Å². The molecule has 1 aromatic heterocycles. The van der Waals surface area contributed by atoms with E-state index < -0.39 is 0 Å². The molecule has 96 valence electrons. The molecule has 2 heterocycles. The number of carbonyl (C=O) groups is 1. The van der Waals surface area contributed by atoms with Gasteiger partial charge < -0.3 is 10.6 Å². The van der Waals surface area contributed by atoms with Gasteiger partial charge in [-0.25, -0.2) is 0 Å². The normalized spacial score (nSPS) is 13.7. The van der Waals surface area contributed by atoms with E-state index in [1.54, 1.807) is 18.3 Å². The second-order valence-electron chi connectivity index (χ2n) is 4.43. The number of fused-ring (bicyclic) bond motifs is 1. The number of nitrogens with one attached hydrogen (secondary N) is 2. The molecular formula is C14H14N4O. The van der Waals surface area contributed by atoms with E-state index in [-0.39, 0.29) is 5.91 Å². The van der Waals surface area contributed by atoms with Crippen molar-refractivity contribution in [1.29, 1.82) is 0 Å². The molecule has 2 aromatic rings. The maximum atomic E-state index is 12.3. The number of benzene rings is 1. The van der Waals surface area contributed by atoms with Crippen molar-refractivity contribution in [2.45, 2.75) is 13.0 Å². The van der Waals surface area contributed by atoms with Crippen molar-refractivity contribution < 1.29 is 4.79 Å². The van der Waals surface area contributed by atoms with E-state index in [2.05, 4.69) is 26.9 Å². The third kappa shape index (κ3) is 2.46. The Balaban J connectivity index is 1.88. The summed E-state index contributed by atoms with van der Waals surface area (Å²) in [6.45, 7) is 1.73. The first kappa shape index (κ1) is 11.8. The quantitative estimate of drug-likeness (QED) is 0.849. The van der Waals surface area contributed by atoms with E-state index in [1.807, 2.05) is 12.1 Å². The van der Waals surface area contributed by atoms with Crippen LogP contribution in [0.2, 0.25) is 0 Å². The molecule has 2 N–H and O–H groups in total. The molecule has 3 rings (SSSR count). The molecule has 5 heteroatoms. The molecule has 0 atom stereocenters. The monoisotopic (exact) mass is 254 g/mol. The van der Waals surface area contributed by atoms with Gasteiger partial charge in [0, 0.05) is 18.3 Å². The summed E-state index contributed by atoms with van der Waals surface area (Å²) in [6, 6.07) is 9.29. The lowest BCUT2D eigenvalue weighted by atomic mass is 9.95. The Labute approximate surface area is 111 Å². The Morgan fingerprint density at radius 2 is 2.21 bits per heavy atom. The van der Waals surface area contributed by atoms with Crippen molar-refractivity contribution in [2.75, 3.05) is 11.9 Å². The molecule has 0 radical (unpaired) electrons. The van der Waals surface area contributed by atoms with Crippen LogP contribution in [0, 0.1) is 0 Å². The lowest BCUT2D eigenvalue weighted by molar-refractivity contribution is 0.102. The summed E-state index contributed by atoms with van der Waals surface area (Å²) < 4.78 is 0. The second-order valence-corrected chi connectivity index (χ2v) is 4.43. The molecule has 1 aliphatic rings. The predicted molar refractivity (Wildman–Crippen MR) is 71.8 cm³/mol. The highest BCUT2D eigenvalue weighted by atomic mass is 16.1. The fourth-order valence-electron chi connectivity index (χ4n) is 2.30. The van der Waals surface area contributed by atoms with Crippen LogP contribution in [0.3, 0.4) is 0 Å². The van der Waals surface area contributed by atoms with E-state index in [9.17, 15) is 4.79 Å². The van der Waals surface area contributed by atoms with Crippen LogP contribution in [0.1, 0.15) is 21.5 Å². The largest absolute Gasteiger partial charge is 0.312 e. The smallest absolute Gasteiger partial charge is 0.257 e. The molecule has 0 spiro atoms. The summed E-state index contributed by atoms with van der Waals surface area (Å²) in [5.41, 5.74) is 3.05. The van der Waals surface area contributed by atoms with Crippen molar-refractivity contribution in [1.82, 2.24) is 15.5 Å². The number of amides is 1. The first-order valence-corrected chi connectivity index (χ1v) is 6.25.